The Kier molecular flexibility index (Phi) is 7.55. The number of benzene rings is 1. The molecule has 0 saturated heterocycles. The summed E-state index contributed by atoms with van der Waals surface area (Å²) in [6.45, 7) is 6.92. The fourth-order valence-electron chi connectivity index (χ4n) is 2.69. The molecule has 2 heterocycles. The van der Waals surface area contributed by atoms with Crippen molar-refractivity contribution in [3.63, 3.8) is 0 Å². The van der Waals surface area contributed by atoms with E-state index >= 15 is 0 Å². The van der Waals surface area contributed by atoms with Crippen LogP contribution in [0.3, 0.4) is 0 Å². The van der Waals surface area contributed by atoms with Gasteiger partial charge in [-0.25, -0.2) is 4.98 Å². The van der Waals surface area contributed by atoms with E-state index in [0.717, 1.165) is 35.4 Å². The average Bonchev–Trinajstić information content (AvgIpc) is 3.23. The monoisotopic (exact) mass is 471 g/mol. The van der Waals surface area contributed by atoms with Crippen molar-refractivity contribution in [1.29, 1.82) is 0 Å². The predicted octanol–water partition coefficient (Wildman–Crippen LogP) is 2.75. The summed E-state index contributed by atoms with van der Waals surface area (Å²) >= 11 is 0. The number of aliphatic imine (C=N–C) groups is 1. The van der Waals surface area contributed by atoms with Crippen molar-refractivity contribution in [1.82, 2.24) is 20.2 Å². The zero-order valence-electron chi connectivity index (χ0n) is 15.4. The van der Waals surface area contributed by atoms with E-state index in [1.807, 2.05) is 30.6 Å². The molecular formula is C18H26IN5O2. The van der Waals surface area contributed by atoms with E-state index in [1.165, 1.54) is 0 Å². The molecule has 0 saturated carbocycles. The Morgan fingerprint density at radius 3 is 2.77 bits per heavy atom. The molecule has 0 amide bonds. The van der Waals surface area contributed by atoms with Crippen LogP contribution in [0.2, 0.25) is 0 Å². The molecule has 0 unspecified atom stereocenters. The number of imidazole rings is 1. The lowest BCUT2D eigenvalue weighted by Gasteiger charge is -2.14. The standard InChI is InChI=1S/C18H25N5O2.HI/c1-13(2)11-23-7-6-20-17(23)10-22-18(19-3)21-9-14-4-5-15-16(8-14)25-12-24-15;/h4-8,13H,9-12H2,1-3H3,(H2,19,21,22);1H. The van der Waals surface area contributed by atoms with Gasteiger partial charge in [0.1, 0.15) is 5.82 Å². The second-order valence-corrected chi connectivity index (χ2v) is 6.36. The van der Waals surface area contributed by atoms with Gasteiger partial charge in [-0.05, 0) is 23.6 Å². The molecular weight excluding hydrogens is 445 g/mol. The van der Waals surface area contributed by atoms with Gasteiger partial charge in [-0.15, -0.1) is 24.0 Å². The summed E-state index contributed by atoms with van der Waals surface area (Å²) in [5.74, 6) is 3.90. The highest BCUT2D eigenvalue weighted by Gasteiger charge is 2.13. The molecule has 0 bridgehead atoms. The number of fused-ring (bicyclic) bond motifs is 1. The maximum Gasteiger partial charge on any atom is 0.231 e. The van der Waals surface area contributed by atoms with Gasteiger partial charge < -0.3 is 24.7 Å². The summed E-state index contributed by atoms with van der Waals surface area (Å²) in [6, 6.07) is 5.93. The third-order valence-electron chi connectivity index (χ3n) is 3.90. The SMILES string of the molecule is CN=C(NCc1ccc2c(c1)OCO2)NCc1nccn1CC(C)C.I. The minimum absolute atomic E-state index is 0. The lowest BCUT2D eigenvalue weighted by Crippen LogP contribution is -2.37. The highest BCUT2D eigenvalue weighted by molar-refractivity contribution is 14.0. The first kappa shape index (κ1) is 20.3. The Bertz CT molecular complexity index is 745. The van der Waals surface area contributed by atoms with Crippen LogP contribution in [-0.2, 0) is 19.6 Å². The summed E-state index contributed by atoms with van der Waals surface area (Å²) < 4.78 is 12.9. The van der Waals surface area contributed by atoms with Crippen LogP contribution >= 0.6 is 24.0 Å². The van der Waals surface area contributed by atoms with Gasteiger partial charge in [-0.1, -0.05) is 19.9 Å². The number of halogens is 1. The highest BCUT2D eigenvalue weighted by Crippen LogP contribution is 2.32. The molecule has 1 aliphatic rings. The van der Waals surface area contributed by atoms with E-state index in [4.69, 9.17) is 9.47 Å². The maximum absolute atomic E-state index is 5.41. The van der Waals surface area contributed by atoms with Gasteiger partial charge in [0.05, 0.1) is 6.54 Å². The van der Waals surface area contributed by atoms with Crippen molar-refractivity contribution < 1.29 is 9.47 Å². The molecule has 0 fully saturated rings. The van der Waals surface area contributed by atoms with Gasteiger partial charge in [-0.3, -0.25) is 4.99 Å². The Morgan fingerprint density at radius 2 is 2.00 bits per heavy atom. The number of nitrogens with one attached hydrogen (secondary N) is 2. The highest BCUT2D eigenvalue weighted by atomic mass is 127. The molecule has 3 rings (SSSR count). The van der Waals surface area contributed by atoms with Crippen LogP contribution in [0.5, 0.6) is 11.5 Å². The molecule has 2 N–H and O–H groups in total. The molecule has 2 aromatic rings. The number of rotatable bonds is 6. The smallest absolute Gasteiger partial charge is 0.231 e. The number of guanidine groups is 1. The second kappa shape index (κ2) is 9.65. The van der Waals surface area contributed by atoms with Crippen molar-refractivity contribution in [3.05, 3.63) is 42.0 Å². The van der Waals surface area contributed by atoms with E-state index < -0.39 is 0 Å². The van der Waals surface area contributed by atoms with Crippen LogP contribution in [0, 0.1) is 5.92 Å². The quantitative estimate of drug-likeness (QED) is 0.385. The van der Waals surface area contributed by atoms with E-state index in [2.05, 4.69) is 39.0 Å². The minimum Gasteiger partial charge on any atom is -0.454 e. The van der Waals surface area contributed by atoms with Gasteiger partial charge >= 0.3 is 0 Å². The van der Waals surface area contributed by atoms with E-state index in [1.54, 1.807) is 7.05 Å². The van der Waals surface area contributed by atoms with Crippen molar-refractivity contribution in [3.8, 4) is 11.5 Å². The number of hydrogen-bond donors (Lipinski definition) is 2. The molecule has 1 aromatic heterocycles. The lowest BCUT2D eigenvalue weighted by molar-refractivity contribution is 0.174. The number of aromatic nitrogens is 2. The van der Waals surface area contributed by atoms with E-state index in [-0.39, 0.29) is 24.0 Å². The van der Waals surface area contributed by atoms with Crippen molar-refractivity contribution in [2.75, 3.05) is 13.8 Å². The lowest BCUT2D eigenvalue weighted by atomic mass is 10.2. The summed E-state index contributed by atoms with van der Waals surface area (Å²) in [5, 5.41) is 6.61. The Balaban J connectivity index is 0.00000243. The molecule has 0 aliphatic carbocycles. The van der Waals surface area contributed by atoms with Crippen LogP contribution in [0.4, 0.5) is 0 Å². The molecule has 0 spiro atoms. The van der Waals surface area contributed by atoms with E-state index in [9.17, 15) is 0 Å². The molecule has 26 heavy (non-hydrogen) atoms. The van der Waals surface area contributed by atoms with Crippen LogP contribution in [0.15, 0.2) is 35.6 Å². The summed E-state index contributed by atoms with van der Waals surface area (Å²) in [5.41, 5.74) is 1.11. The third-order valence-corrected chi connectivity index (χ3v) is 3.90. The number of hydrogen-bond acceptors (Lipinski definition) is 4. The first-order valence-electron chi connectivity index (χ1n) is 8.48. The van der Waals surface area contributed by atoms with Crippen LogP contribution in [-0.4, -0.2) is 29.4 Å². The Labute approximate surface area is 171 Å². The molecule has 0 atom stereocenters. The zero-order valence-corrected chi connectivity index (χ0v) is 17.7. The molecule has 142 valence electrons. The summed E-state index contributed by atoms with van der Waals surface area (Å²) in [7, 11) is 1.76. The van der Waals surface area contributed by atoms with E-state index in [0.29, 0.717) is 25.8 Å². The summed E-state index contributed by atoms with van der Waals surface area (Å²) in [6.07, 6.45) is 3.85. The van der Waals surface area contributed by atoms with Gasteiger partial charge in [0.2, 0.25) is 6.79 Å². The minimum atomic E-state index is 0. The first-order chi connectivity index (χ1) is 12.2. The Hall–Kier alpha value is -1.97. The Morgan fingerprint density at radius 1 is 1.23 bits per heavy atom. The van der Waals surface area contributed by atoms with Crippen molar-refractivity contribution >= 4 is 29.9 Å². The second-order valence-electron chi connectivity index (χ2n) is 6.36. The number of ether oxygens (including phenoxy) is 2. The predicted molar refractivity (Wildman–Crippen MR) is 112 cm³/mol. The third kappa shape index (κ3) is 5.26. The van der Waals surface area contributed by atoms with Gasteiger partial charge in [0.15, 0.2) is 17.5 Å². The van der Waals surface area contributed by atoms with Crippen LogP contribution in [0.1, 0.15) is 25.2 Å². The van der Waals surface area contributed by atoms with Crippen LogP contribution in [0.25, 0.3) is 0 Å². The fourth-order valence-corrected chi connectivity index (χ4v) is 2.69. The van der Waals surface area contributed by atoms with Gasteiger partial charge in [-0.2, -0.15) is 0 Å². The molecule has 8 heteroatoms. The van der Waals surface area contributed by atoms with Crippen LogP contribution < -0.4 is 20.1 Å². The molecule has 7 nitrogen and oxygen atoms in total. The normalized spacial score (nSPS) is 12.8. The molecule has 1 aromatic carbocycles. The zero-order chi connectivity index (χ0) is 17.6. The summed E-state index contributed by atoms with van der Waals surface area (Å²) in [4.78, 5) is 8.69. The molecule has 0 radical (unpaired) electrons. The topological polar surface area (TPSA) is 72.7 Å². The molecule has 1 aliphatic heterocycles. The fraction of sp³-hybridized carbons (Fsp3) is 0.444. The van der Waals surface area contributed by atoms with Crippen molar-refractivity contribution in [2.24, 2.45) is 10.9 Å². The average molecular weight is 471 g/mol. The largest absolute Gasteiger partial charge is 0.454 e. The number of nitrogens with zero attached hydrogens (tertiary/aromatic N) is 3. The first-order valence-corrected chi connectivity index (χ1v) is 8.48. The van der Waals surface area contributed by atoms with Gasteiger partial charge in [0, 0.05) is 32.5 Å². The van der Waals surface area contributed by atoms with Gasteiger partial charge in [0.25, 0.3) is 0 Å². The maximum atomic E-state index is 5.41. The van der Waals surface area contributed by atoms with Crippen molar-refractivity contribution in [2.45, 2.75) is 33.5 Å².